The molecule has 0 bridgehead atoms. The van der Waals surface area contributed by atoms with Crippen molar-refractivity contribution in [3.63, 3.8) is 0 Å². The smallest absolute Gasteiger partial charge is 0.147 e. The van der Waals surface area contributed by atoms with Crippen molar-refractivity contribution in [2.24, 2.45) is 0 Å². The molecular formula is C14H17NO. The molecule has 0 aromatic heterocycles. The molecule has 1 aromatic rings. The Kier molecular flexibility index (Phi) is 2.52. The maximum absolute atomic E-state index is 11.7. The van der Waals surface area contributed by atoms with Gasteiger partial charge >= 0.3 is 0 Å². The van der Waals surface area contributed by atoms with Crippen LogP contribution in [0.2, 0.25) is 0 Å². The van der Waals surface area contributed by atoms with E-state index in [2.05, 4.69) is 29.6 Å². The average molecular weight is 215 g/mol. The second kappa shape index (κ2) is 4.02. The summed E-state index contributed by atoms with van der Waals surface area (Å²) in [7, 11) is 0. The molecule has 3 rings (SSSR count). The van der Waals surface area contributed by atoms with Gasteiger partial charge in [0.05, 0.1) is 6.54 Å². The van der Waals surface area contributed by atoms with E-state index in [0.29, 0.717) is 24.3 Å². The number of carbonyl (C=O) groups is 1. The summed E-state index contributed by atoms with van der Waals surface area (Å²) in [5.41, 5.74) is 2.82. The summed E-state index contributed by atoms with van der Waals surface area (Å²) in [5.74, 6) is 0.858. The number of fused-ring (bicyclic) bond motifs is 1. The van der Waals surface area contributed by atoms with Crippen LogP contribution >= 0.6 is 0 Å². The summed E-state index contributed by atoms with van der Waals surface area (Å²) in [5, 5.41) is 3.28. The van der Waals surface area contributed by atoms with Crippen LogP contribution < -0.4 is 5.32 Å². The van der Waals surface area contributed by atoms with E-state index in [9.17, 15) is 4.79 Å². The first-order valence-corrected chi connectivity index (χ1v) is 6.16. The summed E-state index contributed by atoms with van der Waals surface area (Å²) in [6.07, 6.45) is 4.31. The molecule has 84 valence electrons. The first-order chi connectivity index (χ1) is 7.83. The lowest BCUT2D eigenvalue weighted by atomic mass is 9.75. The summed E-state index contributed by atoms with van der Waals surface area (Å²) < 4.78 is 0. The van der Waals surface area contributed by atoms with Crippen molar-refractivity contribution >= 4 is 5.78 Å². The zero-order valence-electron chi connectivity index (χ0n) is 9.41. The molecule has 1 unspecified atom stereocenters. The minimum atomic E-state index is 0.367. The van der Waals surface area contributed by atoms with Gasteiger partial charge in [-0.25, -0.2) is 0 Å². The zero-order valence-corrected chi connectivity index (χ0v) is 9.41. The van der Waals surface area contributed by atoms with Crippen molar-refractivity contribution in [3.8, 4) is 0 Å². The van der Waals surface area contributed by atoms with Crippen molar-refractivity contribution < 1.29 is 4.79 Å². The van der Waals surface area contributed by atoms with Crippen molar-refractivity contribution in [1.82, 2.24) is 5.32 Å². The fraction of sp³-hybridized carbons (Fsp3) is 0.500. The molecule has 2 nitrogen and oxygen atoms in total. The summed E-state index contributed by atoms with van der Waals surface area (Å²) >= 11 is 0. The minimum Gasteiger partial charge on any atom is -0.307 e. The third kappa shape index (κ3) is 2.03. The number of rotatable bonds is 5. The van der Waals surface area contributed by atoms with Gasteiger partial charge in [0.25, 0.3) is 0 Å². The van der Waals surface area contributed by atoms with E-state index in [1.54, 1.807) is 0 Å². The van der Waals surface area contributed by atoms with Crippen molar-refractivity contribution in [3.05, 3.63) is 35.4 Å². The SMILES string of the molecule is O=C(CNC1CC1)CC1Cc2ccccc21. The molecule has 0 radical (unpaired) electrons. The normalized spacial score (nSPS) is 22.4. The van der Waals surface area contributed by atoms with Crippen LogP contribution in [0.25, 0.3) is 0 Å². The number of benzene rings is 1. The second-order valence-electron chi connectivity index (χ2n) is 5.00. The lowest BCUT2D eigenvalue weighted by Gasteiger charge is -2.29. The molecule has 2 heteroatoms. The number of ketones is 1. The van der Waals surface area contributed by atoms with Crippen LogP contribution in [0.5, 0.6) is 0 Å². The summed E-state index contributed by atoms with van der Waals surface area (Å²) in [6, 6.07) is 9.10. The Labute approximate surface area is 96.1 Å². The van der Waals surface area contributed by atoms with Crippen molar-refractivity contribution in [2.45, 2.75) is 37.6 Å². The van der Waals surface area contributed by atoms with Gasteiger partial charge in [0.1, 0.15) is 5.78 Å². The molecule has 0 spiro atoms. The van der Waals surface area contributed by atoms with Gasteiger partial charge < -0.3 is 5.32 Å². The molecule has 1 aromatic carbocycles. The van der Waals surface area contributed by atoms with Crippen LogP contribution in [0.4, 0.5) is 0 Å². The Morgan fingerprint density at radius 1 is 1.31 bits per heavy atom. The maximum Gasteiger partial charge on any atom is 0.147 e. The highest BCUT2D eigenvalue weighted by Gasteiger charge is 2.28. The second-order valence-corrected chi connectivity index (χ2v) is 5.00. The van der Waals surface area contributed by atoms with E-state index in [1.807, 2.05) is 0 Å². The number of Topliss-reactive ketones (excluding diaryl/α,β-unsaturated/α-hetero) is 1. The van der Waals surface area contributed by atoms with Gasteiger partial charge in [-0.05, 0) is 36.3 Å². The number of carbonyl (C=O) groups excluding carboxylic acids is 1. The van der Waals surface area contributed by atoms with Gasteiger partial charge in [-0.15, -0.1) is 0 Å². The van der Waals surface area contributed by atoms with Crippen LogP contribution in [0.15, 0.2) is 24.3 Å². The highest BCUT2D eigenvalue weighted by molar-refractivity contribution is 5.81. The third-order valence-corrected chi connectivity index (χ3v) is 3.60. The molecule has 1 atom stereocenters. The fourth-order valence-corrected chi connectivity index (χ4v) is 2.44. The van der Waals surface area contributed by atoms with Crippen LogP contribution in [-0.2, 0) is 11.2 Å². The molecule has 1 N–H and O–H groups in total. The predicted molar refractivity (Wildman–Crippen MR) is 63.5 cm³/mol. The third-order valence-electron chi connectivity index (χ3n) is 3.60. The average Bonchev–Trinajstić information content (AvgIpc) is 3.07. The van der Waals surface area contributed by atoms with Gasteiger partial charge in [0.15, 0.2) is 0 Å². The highest BCUT2D eigenvalue weighted by Crippen LogP contribution is 2.37. The van der Waals surface area contributed by atoms with Crippen LogP contribution in [-0.4, -0.2) is 18.4 Å². The first kappa shape index (κ1) is 10.0. The Morgan fingerprint density at radius 3 is 2.88 bits per heavy atom. The number of hydrogen-bond donors (Lipinski definition) is 1. The minimum absolute atomic E-state index is 0.367. The highest BCUT2D eigenvalue weighted by atomic mass is 16.1. The Bertz CT molecular complexity index is 409. The number of hydrogen-bond acceptors (Lipinski definition) is 2. The van der Waals surface area contributed by atoms with E-state index < -0.39 is 0 Å². The van der Waals surface area contributed by atoms with Gasteiger partial charge in [-0.2, -0.15) is 0 Å². The maximum atomic E-state index is 11.7. The largest absolute Gasteiger partial charge is 0.307 e. The first-order valence-electron chi connectivity index (χ1n) is 6.16. The Hall–Kier alpha value is -1.15. The van der Waals surface area contributed by atoms with Gasteiger partial charge in [-0.3, -0.25) is 4.79 Å². The van der Waals surface area contributed by atoms with E-state index in [1.165, 1.54) is 24.0 Å². The number of nitrogens with one attached hydrogen (secondary N) is 1. The topological polar surface area (TPSA) is 29.1 Å². The lowest BCUT2D eigenvalue weighted by Crippen LogP contribution is -2.28. The molecule has 0 aliphatic heterocycles. The monoisotopic (exact) mass is 215 g/mol. The molecule has 0 saturated heterocycles. The predicted octanol–water partition coefficient (Wildman–Crippen LogP) is 2.04. The Balaban J connectivity index is 1.51. The summed E-state index contributed by atoms with van der Waals surface area (Å²) in [4.78, 5) is 11.7. The van der Waals surface area contributed by atoms with E-state index in [0.717, 1.165) is 12.8 Å². The molecule has 2 aliphatic carbocycles. The Morgan fingerprint density at radius 2 is 2.12 bits per heavy atom. The van der Waals surface area contributed by atoms with Crippen LogP contribution in [0.1, 0.15) is 36.3 Å². The van der Waals surface area contributed by atoms with Crippen molar-refractivity contribution in [2.75, 3.05) is 6.54 Å². The van der Waals surface area contributed by atoms with Gasteiger partial charge in [0.2, 0.25) is 0 Å². The lowest BCUT2D eigenvalue weighted by molar-refractivity contribution is -0.118. The molecular weight excluding hydrogens is 198 g/mol. The van der Waals surface area contributed by atoms with Gasteiger partial charge in [0, 0.05) is 12.5 Å². The molecule has 0 heterocycles. The fourth-order valence-electron chi connectivity index (χ4n) is 2.44. The van der Waals surface area contributed by atoms with Crippen LogP contribution in [0.3, 0.4) is 0 Å². The van der Waals surface area contributed by atoms with E-state index >= 15 is 0 Å². The quantitative estimate of drug-likeness (QED) is 0.814. The van der Waals surface area contributed by atoms with Gasteiger partial charge in [-0.1, -0.05) is 24.3 Å². The van der Waals surface area contributed by atoms with E-state index in [4.69, 9.17) is 0 Å². The van der Waals surface area contributed by atoms with Crippen molar-refractivity contribution in [1.29, 1.82) is 0 Å². The standard InChI is InChI=1S/C14H17NO/c16-13(9-15-12-5-6-12)8-11-7-10-3-1-2-4-14(10)11/h1-4,11-12,15H,5-9H2. The molecule has 1 fully saturated rings. The van der Waals surface area contributed by atoms with E-state index in [-0.39, 0.29) is 0 Å². The molecule has 1 saturated carbocycles. The molecule has 2 aliphatic rings. The zero-order chi connectivity index (χ0) is 11.0. The van der Waals surface area contributed by atoms with Crippen LogP contribution in [0, 0.1) is 0 Å². The molecule has 16 heavy (non-hydrogen) atoms. The molecule has 0 amide bonds. The summed E-state index contributed by atoms with van der Waals surface area (Å²) in [6.45, 7) is 0.573.